The molecule has 0 radical (unpaired) electrons. The normalized spacial score (nSPS) is 17.5. The average Bonchev–Trinajstić information content (AvgIpc) is 3.04. The summed E-state index contributed by atoms with van der Waals surface area (Å²) in [7, 11) is 1.62. The largest absolute Gasteiger partial charge is 0.350 e. The maximum atomic E-state index is 12.5. The third-order valence-electron chi connectivity index (χ3n) is 4.39. The van der Waals surface area contributed by atoms with Crippen LogP contribution in [0.2, 0.25) is 0 Å². The Labute approximate surface area is 146 Å². The third kappa shape index (κ3) is 5.09. The van der Waals surface area contributed by atoms with Gasteiger partial charge in [0.15, 0.2) is 0 Å². The molecule has 1 aromatic carbocycles. The van der Waals surface area contributed by atoms with E-state index >= 15 is 0 Å². The van der Waals surface area contributed by atoms with Crippen molar-refractivity contribution in [2.75, 3.05) is 31.6 Å². The molecule has 1 heterocycles. The van der Waals surface area contributed by atoms with Crippen LogP contribution in [0.3, 0.4) is 0 Å². The molecular formula is C18H23F2N3O2. The molecule has 2 amide bonds. The predicted octanol–water partition coefficient (Wildman–Crippen LogP) is 2.29. The second-order valence-electron chi connectivity index (χ2n) is 6.04. The molecule has 0 spiro atoms. The van der Waals surface area contributed by atoms with E-state index in [4.69, 9.17) is 0 Å². The Kier molecular flexibility index (Phi) is 6.64. The Hall–Kier alpha value is -2.28. The van der Waals surface area contributed by atoms with Gasteiger partial charge in [-0.2, -0.15) is 0 Å². The lowest BCUT2D eigenvalue weighted by Crippen LogP contribution is -2.42. The highest BCUT2D eigenvalue weighted by Crippen LogP contribution is 2.18. The summed E-state index contributed by atoms with van der Waals surface area (Å²) < 4.78 is 25.1. The van der Waals surface area contributed by atoms with Crippen LogP contribution >= 0.6 is 0 Å². The fraction of sp³-hybridized carbons (Fsp3) is 0.444. The van der Waals surface area contributed by atoms with E-state index in [1.807, 2.05) is 0 Å². The van der Waals surface area contributed by atoms with Crippen molar-refractivity contribution in [1.82, 2.24) is 10.2 Å². The number of amides is 2. The lowest BCUT2D eigenvalue weighted by Gasteiger charge is -2.24. The molecule has 0 aliphatic carbocycles. The van der Waals surface area contributed by atoms with E-state index in [-0.39, 0.29) is 24.4 Å². The SMILES string of the molecule is C=CC(=O)N(C)c1ccc(C(=O)NCC2CCCN2CC(F)F)cc1. The number of likely N-dealkylation sites (N-methyl/N-ethyl adjacent to an activating group) is 1. The van der Waals surface area contributed by atoms with E-state index in [9.17, 15) is 18.4 Å². The summed E-state index contributed by atoms with van der Waals surface area (Å²) in [6.45, 7) is 4.17. The van der Waals surface area contributed by atoms with Gasteiger partial charge in [0, 0.05) is 30.9 Å². The predicted molar refractivity (Wildman–Crippen MR) is 93.0 cm³/mol. The van der Waals surface area contributed by atoms with Crippen molar-refractivity contribution < 1.29 is 18.4 Å². The molecule has 1 fully saturated rings. The van der Waals surface area contributed by atoms with Crippen molar-refractivity contribution in [3.8, 4) is 0 Å². The number of nitrogens with zero attached hydrogens (tertiary/aromatic N) is 2. The van der Waals surface area contributed by atoms with E-state index in [0.717, 1.165) is 12.8 Å². The van der Waals surface area contributed by atoms with E-state index in [1.165, 1.54) is 11.0 Å². The summed E-state index contributed by atoms with van der Waals surface area (Å²) in [6, 6.07) is 6.56. The molecule has 25 heavy (non-hydrogen) atoms. The average molecular weight is 351 g/mol. The van der Waals surface area contributed by atoms with Crippen LogP contribution in [-0.2, 0) is 4.79 Å². The van der Waals surface area contributed by atoms with Crippen molar-refractivity contribution in [1.29, 1.82) is 0 Å². The van der Waals surface area contributed by atoms with E-state index in [1.54, 1.807) is 36.2 Å². The van der Waals surface area contributed by atoms with Gasteiger partial charge in [-0.1, -0.05) is 6.58 Å². The van der Waals surface area contributed by atoms with Gasteiger partial charge in [0.25, 0.3) is 12.3 Å². The van der Waals surface area contributed by atoms with Crippen LogP contribution in [0.4, 0.5) is 14.5 Å². The lowest BCUT2D eigenvalue weighted by atomic mass is 10.1. The minimum absolute atomic E-state index is 0.0476. The van der Waals surface area contributed by atoms with Gasteiger partial charge < -0.3 is 10.2 Å². The number of hydrogen-bond donors (Lipinski definition) is 1. The number of likely N-dealkylation sites (tertiary alicyclic amines) is 1. The van der Waals surface area contributed by atoms with Crippen LogP contribution in [0.5, 0.6) is 0 Å². The molecule has 1 aliphatic rings. The number of rotatable bonds is 7. The number of carbonyl (C=O) groups excluding carboxylic acids is 2. The van der Waals surface area contributed by atoms with Gasteiger partial charge in [0.05, 0.1) is 6.54 Å². The first kappa shape index (κ1) is 19.1. The van der Waals surface area contributed by atoms with Gasteiger partial charge in [0.2, 0.25) is 5.91 Å². The molecule has 0 bridgehead atoms. The minimum Gasteiger partial charge on any atom is -0.350 e. The van der Waals surface area contributed by atoms with Crippen LogP contribution in [0.15, 0.2) is 36.9 Å². The Bertz CT molecular complexity index is 619. The highest BCUT2D eigenvalue weighted by atomic mass is 19.3. The number of benzene rings is 1. The van der Waals surface area contributed by atoms with Crippen LogP contribution < -0.4 is 10.2 Å². The van der Waals surface area contributed by atoms with E-state index in [2.05, 4.69) is 11.9 Å². The lowest BCUT2D eigenvalue weighted by molar-refractivity contribution is -0.113. The number of hydrogen-bond acceptors (Lipinski definition) is 3. The Balaban J connectivity index is 1.90. The van der Waals surface area contributed by atoms with Crippen molar-refractivity contribution in [3.63, 3.8) is 0 Å². The fourth-order valence-electron chi connectivity index (χ4n) is 2.96. The molecule has 136 valence electrons. The molecule has 1 aliphatic heterocycles. The van der Waals surface area contributed by atoms with Gasteiger partial charge >= 0.3 is 0 Å². The molecule has 1 atom stereocenters. The summed E-state index contributed by atoms with van der Waals surface area (Å²) in [5.74, 6) is -0.495. The zero-order chi connectivity index (χ0) is 18.4. The summed E-state index contributed by atoms with van der Waals surface area (Å²) in [5.41, 5.74) is 1.11. The topological polar surface area (TPSA) is 52.7 Å². The van der Waals surface area contributed by atoms with E-state index < -0.39 is 6.43 Å². The number of carbonyl (C=O) groups is 2. The number of nitrogens with one attached hydrogen (secondary N) is 1. The molecule has 0 aromatic heterocycles. The Morgan fingerprint density at radius 3 is 2.68 bits per heavy atom. The number of halogens is 2. The highest BCUT2D eigenvalue weighted by Gasteiger charge is 2.27. The zero-order valence-electron chi connectivity index (χ0n) is 14.3. The summed E-state index contributed by atoms with van der Waals surface area (Å²) in [5, 5.41) is 2.80. The van der Waals surface area contributed by atoms with Gasteiger partial charge in [0.1, 0.15) is 0 Å². The van der Waals surface area contributed by atoms with E-state index in [0.29, 0.717) is 24.3 Å². The summed E-state index contributed by atoms with van der Waals surface area (Å²) in [6.07, 6.45) is 0.526. The minimum atomic E-state index is -2.36. The second-order valence-corrected chi connectivity index (χ2v) is 6.04. The standard InChI is InChI=1S/C18H23F2N3O2/c1-3-17(24)22(2)14-8-6-13(7-9-14)18(25)21-11-15-5-4-10-23(15)12-16(19)20/h3,6-9,15-16H,1,4-5,10-12H2,2H3,(H,21,25). The molecule has 1 unspecified atom stereocenters. The molecule has 1 N–H and O–H groups in total. The van der Waals surface area contributed by atoms with Crippen LogP contribution in [0.1, 0.15) is 23.2 Å². The van der Waals surface area contributed by atoms with Crippen LogP contribution in [0.25, 0.3) is 0 Å². The Morgan fingerprint density at radius 2 is 2.08 bits per heavy atom. The molecular weight excluding hydrogens is 328 g/mol. The fourth-order valence-corrected chi connectivity index (χ4v) is 2.96. The molecule has 0 saturated carbocycles. The van der Waals surface area contributed by atoms with Gasteiger partial charge in [-0.15, -0.1) is 0 Å². The zero-order valence-corrected chi connectivity index (χ0v) is 14.3. The maximum Gasteiger partial charge on any atom is 0.251 e. The Morgan fingerprint density at radius 1 is 1.40 bits per heavy atom. The highest BCUT2D eigenvalue weighted by molar-refractivity contribution is 6.01. The maximum absolute atomic E-state index is 12.5. The first-order valence-electron chi connectivity index (χ1n) is 8.23. The van der Waals surface area contributed by atoms with Gasteiger partial charge in [-0.05, 0) is 49.7 Å². The number of alkyl halides is 2. The molecule has 7 heteroatoms. The monoisotopic (exact) mass is 351 g/mol. The van der Waals surface area contributed by atoms with Crippen molar-refractivity contribution in [2.24, 2.45) is 0 Å². The summed E-state index contributed by atoms with van der Waals surface area (Å²) in [4.78, 5) is 26.9. The molecule has 1 saturated heterocycles. The van der Waals surface area contributed by atoms with Gasteiger partial charge in [-0.25, -0.2) is 8.78 Å². The quantitative estimate of drug-likeness (QED) is 0.767. The molecule has 1 aromatic rings. The van der Waals surface area contributed by atoms with Crippen molar-refractivity contribution in [2.45, 2.75) is 25.3 Å². The number of anilines is 1. The summed E-state index contributed by atoms with van der Waals surface area (Å²) >= 11 is 0. The van der Waals surface area contributed by atoms with Crippen LogP contribution in [-0.4, -0.2) is 55.9 Å². The second kappa shape index (κ2) is 8.71. The van der Waals surface area contributed by atoms with Crippen molar-refractivity contribution in [3.05, 3.63) is 42.5 Å². The first-order chi connectivity index (χ1) is 11.9. The smallest absolute Gasteiger partial charge is 0.251 e. The first-order valence-corrected chi connectivity index (χ1v) is 8.23. The molecule has 5 nitrogen and oxygen atoms in total. The third-order valence-corrected chi connectivity index (χ3v) is 4.39. The molecule has 2 rings (SSSR count). The van der Waals surface area contributed by atoms with Crippen molar-refractivity contribution >= 4 is 17.5 Å². The van der Waals surface area contributed by atoms with Gasteiger partial charge in [-0.3, -0.25) is 14.5 Å². The van der Waals surface area contributed by atoms with Crippen LogP contribution in [0, 0.1) is 0 Å².